The Morgan fingerprint density at radius 3 is 2.48 bits per heavy atom. The number of carbonyl (C=O) groups excluding carboxylic acids is 2. The van der Waals surface area contributed by atoms with Gasteiger partial charge in [0.1, 0.15) is 0 Å². The molecule has 2 aromatic rings. The van der Waals surface area contributed by atoms with Crippen LogP contribution < -0.4 is 0 Å². The lowest BCUT2D eigenvalue weighted by molar-refractivity contribution is -0.141. The molecule has 5 heteroatoms. The van der Waals surface area contributed by atoms with Gasteiger partial charge in [0.05, 0.1) is 6.61 Å². The zero-order chi connectivity index (χ0) is 20.2. The highest BCUT2D eigenvalue weighted by Crippen LogP contribution is 2.32. The molecule has 152 valence electrons. The largest absolute Gasteiger partial charge is 0.383 e. The third-order valence-corrected chi connectivity index (χ3v) is 6.21. The molecule has 0 saturated carbocycles. The van der Waals surface area contributed by atoms with Gasteiger partial charge in [-0.25, -0.2) is 0 Å². The summed E-state index contributed by atoms with van der Waals surface area (Å²) < 4.78 is 5.17. The fourth-order valence-electron chi connectivity index (χ4n) is 4.63. The molecule has 4 rings (SSSR count). The van der Waals surface area contributed by atoms with Gasteiger partial charge in [-0.3, -0.25) is 9.59 Å². The second kappa shape index (κ2) is 8.78. The van der Waals surface area contributed by atoms with E-state index in [1.807, 2.05) is 52.3 Å². The Hall–Kier alpha value is -2.66. The van der Waals surface area contributed by atoms with Gasteiger partial charge in [0.25, 0.3) is 5.91 Å². The summed E-state index contributed by atoms with van der Waals surface area (Å²) in [5.74, 6) is 0.661. The van der Waals surface area contributed by atoms with Crippen molar-refractivity contribution in [3.63, 3.8) is 0 Å². The Labute approximate surface area is 172 Å². The molecule has 0 N–H and O–H groups in total. The molecule has 2 aromatic carbocycles. The van der Waals surface area contributed by atoms with Crippen LogP contribution in [0.4, 0.5) is 0 Å². The van der Waals surface area contributed by atoms with Crippen molar-refractivity contribution in [3.8, 4) is 11.1 Å². The molecule has 0 radical (unpaired) electrons. The molecule has 29 heavy (non-hydrogen) atoms. The van der Waals surface area contributed by atoms with E-state index in [9.17, 15) is 9.59 Å². The van der Waals surface area contributed by atoms with E-state index in [-0.39, 0.29) is 17.9 Å². The molecular formula is C24H28N2O3. The summed E-state index contributed by atoms with van der Waals surface area (Å²) in [6.45, 7) is 2.62. The van der Waals surface area contributed by atoms with E-state index in [0.717, 1.165) is 36.1 Å². The summed E-state index contributed by atoms with van der Waals surface area (Å²) in [5.41, 5.74) is 2.99. The second-order valence-electron chi connectivity index (χ2n) is 7.93. The average Bonchev–Trinajstić information content (AvgIpc) is 2.78. The van der Waals surface area contributed by atoms with Crippen LogP contribution in [0.3, 0.4) is 0 Å². The Balaban J connectivity index is 1.42. The molecule has 0 unspecified atom stereocenters. The molecule has 2 amide bonds. The van der Waals surface area contributed by atoms with E-state index in [2.05, 4.69) is 12.1 Å². The molecule has 0 spiro atoms. The van der Waals surface area contributed by atoms with Crippen LogP contribution in [0.5, 0.6) is 0 Å². The number of fused-ring (bicyclic) bond motifs is 1. The van der Waals surface area contributed by atoms with E-state index in [0.29, 0.717) is 32.0 Å². The van der Waals surface area contributed by atoms with Gasteiger partial charge in [-0.1, -0.05) is 42.5 Å². The zero-order valence-corrected chi connectivity index (χ0v) is 16.9. The topological polar surface area (TPSA) is 49.9 Å². The standard InChI is InChI=1S/C24H28N2O3/c1-29-16-15-26-22-13-14-25(17-21(22)11-12-23(26)27)24(28)20-9-7-19(8-10-20)18-5-3-2-4-6-18/h2-10,21-22H,11-17H2,1H3/t21-,22+/m0/s1. The summed E-state index contributed by atoms with van der Waals surface area (Å²) in [5, 5.41) is 0. The fraction of sp³-hybridized carbons (Fsp3) is 0.417. The number of nitrogens with zero attached hydrogens (tertiary/aromatic N) is 2. The smallest absolute Gasteiger partial charge is 0.253 e. The van der Waals surface area contributed by atoms with Gasteiger partial charge in [0.15, 0.2) is 0 Å². The predicted molar refractivity (Wildman–Crippen MR) is 112 cm³/mol. The van der Waals surface area contributed by atoms with Crippen LogP contribution in [0.2, 0.25) is 0 Å². The summed E-state index contributed by atoms with van der Waals surface area (Å²) in [4.78, 5) is 29.3. The lowest BCUT2D eigenvalue weighted by Crippen LogP contribution is -2.57. The maximum atomic E-state index is 13.1. The molecule has 2 atom stereocenters. The van der Waals surface area contributed by atoms with E-state index in [1.165, 1.54) is 0 Å². The van der Waals surface area contributed by atoms with Gasteiger partial charge in [-0.2, -0.15) is 0 Å². The molecule has 2 aliphatic heterocycles. The van der Waals surface area contributed by atoms with Gasteiger partial charge >= 0.3 is 0 Å². The molecule has 5 nitrogen and oxygen atoms in total. The molecule has 2 saturated heterocycles. The van der Waals surface area contributed by atoms with E-state index >= 15 is 0 Å². The van der Waals surface area contributed by atoms with E-state index < -0.39 is 0 Å². The van der Waals surface area contributed by atoms with Crippen molar-refractivity contribution >= 4 is 11.8 Å². The Bertz CT molecular complexity index is 850. The van der Waals surface area contributed by atoms with Crippen molar-refractivity contribution in [2.75, 3.05) is 33.4 Å². The number of piperidine rings is 2. The molecule has 2 fully saturated rings. The maximum absolute atomic E-state index is 13.1. The minimum absolute atomic E-state index is 0.0865. The fourth-order valence-corrected chi connectivity index (χ4v) is 4.63. The number of rotatable bonds is 5. The number of benzene rings is 2. The quantitative estimate of drug-likeness (QED) is 0.783. The first-order valence-corrected chi connectivity index (χ1v) is 10.4. The van der Waals surface area contributed by atoms with Crippen LogP contribution in [-0.4, -0.2) is 61.0 Å². The Kier molecular flexibility index (Phi) is 5.95. The third-order valence-electron chi connectivity index (χ3n) is 6.21. The predicted octanol–water partition coefficient (Wildman–Crippen LogP) is 3.45. The highest BCUT2D eigenvalue weighted by Gasteiger charge is 2.40. The number of hydrogen-bond acceptors (Lipinski definition) is 3. The average molecular weight is 392 g/mol. The number of carbonyl (C=O) groups is 2. The van der Waals surface area contributed by atoms with Crippen LogP contribution in [0.25, 0.3) is 11.1 Å². The number of likely N-dealkylation sites (tertiary alicyclic amines) is 2. The van der Waals surface area contributed by atoms with Crippen molar-refractivity contribution < 1.29 is 14.3 Å². The summed E-state index contributed by atoms with van der Waals surface area (Å²) >= 11 is 0. The van der Waals surface area contributed by atoms with Crippen molar-refractivity contribution in [2.24, 2.45) is 5.92 Å². The normalized spacial score (nSPS) is 21.8. The summed E-state index contributed by atoms with van der Waals surface area (Å²) in [7, 11) is 1.66. The second-order valence-corrected chi connectivity index (χ2v) is 7.93. The van der Waals surface area contributed by atoms with Crippen LogP contribution in [0, 0.1) is 5.92 Å². The van der Waals surface area contributed by atoms with Crippen molar-refractivity contribution in [1.29, 1.82) is 0 Å². The van der Waals surface area contributed by atoms with Crippen molar-refractivity contribution in [2.45, 2.75) is 25.3 Å². The summed E-state index contributed by atoms with van der Waals surface area (Å²) in [6, 6.07) is 18.3. The summed E-state index contributed by atoms with van der Waals surface area (Å²) in [6.07, 6.45) is 2.27. The van der Waals surface area contributed by atoms with Gasteiger partial charge in [-0.15, -0.1) is 0 Å². The molecule has 0 aromatic heterocycles. The minimum Gasteiger partial charge on any atom is -0.383 e. The molecule has 2 heterocycles. The number of ether oxygens (including phenoxy) is 1. The van der Waals surface area contributed by atoms with E-state index in [1.54, 1.807) is 7.11 Å². The zero-order valence-electron chi connectivity index (χ0n) is 16.9. The highest BCUT2D eigenvalue weighted by atomic mass is 16.5. The number of amides is 2. The Morgan fingerprint density at radius 1 is 1.03 bits per heavy atom. The number of methoxy groups -OCH3 is 1. The first-order valence-electron chi connectivity index (χ1n) is 10.4. The number of hydrogen-bond donors (Lipinski definition) is 0. The van der Waals surface area contributed by atoms with Gasteiger partial charge < -0.3 is 14.5 Å². The highest BCUT2D eigenvalue weighted by molar-refractivity contribution is 5.95. The first-order chi connectivity index (χ1) is 14.2. The van der Waals surface area contributed by atoms with Gasteiger partial charge in [0.2, 0.25) is 5.91 Å². The lowest BCUT2D eigenvalue weighted by atomic mass is 9.83. The molecular weight excluding hydrogens is 364 g/mol. The van der Waals surface area contributed by atoms with Crippen LogP contribution in [0.1, 0.15) is 29.6 Å². The monoisotopic (exact) mass is 392 g/mol. The van der Waals surface area contributed by atoms with Crippen molar-refractivity contribution in [3.05, 3.63) is 60.2 Å². The van der Waals surface area contributed by atoms with Gasteiger partial charge in [0, 0.05) is 44.8 Å². The third kappa shape index (κ3) is 4.20. The van der Waals surface area contributed by atoms with Crippen LogP contribution >= 0.6 is 0 Å². The SMILES string of the molecule is COCCN1C(=O)CC[C@H]2CN(C(=O)c3ccc(-c4ccccc4)cc3)CC[C@H]21. The minimum atomic E-state index is 0.0865. The first kappa shape index (κ1) is 19.6. The van der Waals surface area contributed by atoms with Gasteiger partial charge in [-0.05, 0) is 42.0 Å². The van der Waals surface area contributed by atoms with Crippen molar-refractivity contribution in [1.82, 2.24) is 9.80 Å². The lowest BCUT2D eigenvalue weighted by Gasteiger charge is -2.47. The van der Waals surface area contributed by atoms with Crippen LogP contribution in [-0.2, 0) is 9.53 Å². The maximum Gasteiger partial charge on any atom is 0.253 e. The molecule has 0 bridgehead atoms. The van der Waals surface area contributed by atoms with E-state index in [4.69, 9.17) is 4.74 Å². The molecule has 0 aliphatic carbocycles. The van der Waals surface area contributed by atoms with Crippen LogP contribution in [0.15, 0.2) is 54.6 Å². The Morgan fingerprint density at radius 2 is 1.76 bits per heavy atom. The molecule has 2 aliphatic rings.